The summed E-state index contributed by atoms with van der Waals surface area (Å²) in [5, 5.41) is 18.1. The summed E-state index contributed by atoms with van der Waals surface area (Å²) in [6, 6.07) is 6.88. The molecule has 2 rings (SSSR count). The maximum Gasteiger partial charge on any atom is 0.490 e. The molecule has 0 aliphatic rings. The topological polar surface area (TPSA) is 84.7 Å². The smallest absolute Gasteiger partial charge is 0.486 e. The highest BCUT2D eigenvalue weighted by molar-refractivity contribution is 6.58. The van der Waals surface area contributed by atoms with Gasteiger partial charge in [-0.25, -0.2) is 4.98 Å². The van der Waals surface area contributed by atoms with Crippen molar-refractivity contribution in [3.63, 3.8) is 0 Å². The number of rotatable bonds is 5. The van der Waals surface area contributed by atoms with Gasteiger partial charge < -0.3 is 19.5 Å². The zero-order valence-electron chi connectivity index (χ0n) is 10.4. The van der Waals surface area contributed by atoms with Gasteiger partial charge in [0.1, 0.15) is 12.4 Å². The summed E-state index contributed by atoms with van der Waals surface area (Å²) < 4.78 is 10.5. The molecule has 0 aliphatic carbocycles. The highest BCUT2D eigenvalue weighted by Gasteiger charge is 2.12. The van der Waals surface area contributed by atoms with Crippen molar-refractivity contribution in [2.45, 2.75) is 6.61 Å². The van der Waals surface area contributed by atoms with E-state index in [1.54, 1.807) is 19.2 Å². The molecule has 2 aromatic rings. The van der Waals surface area contributed by atoms with Gasteiger partial charge in [-0.15, -0.1) is 0 Å². The molecule has 0 spiro atoms. The van der Waals surface area contributed by atoms with Crippen LogP contribution in [0.5, 0.6) is 11.6 Å². The number of ether oxygens (including phenoxy) is 2. The largest absolute Gasteiger partial charge is 0.490 e. The van der Waals surface area contributed by atoms with E-state index in [4.69, 9.17) is 19.5 Å². The summed E-state index contributed by atoms with van der Waals surface area (Å²) in [7, 11) is -0.0193. The van der Waals surface area contributed by atoms with Crippen molar-refractivity contribution in [2.24, 2.45) is 0 Å². The number of hydrogen-bond donors (Lipinski definition) is 2. The van der Waals surface area contributed by atoms with Gasteiger partial charge in [0.05, 0.1) is 19.0 Å². The van der Waals surface area contributed by atoms with E-state index in [0.717, 1.165) is 0 Å². The second-order valence-electron chi connectivity index (χ2n) is 3.79. The van der Waals surface area contributed by atoms with Crippen LogP contribution in [-0.4, -0.2) is 34.2 Å². The summed E-state index contributed by atoms with van der Waals surface area (Å²) in [4.78, 5) is 8.06. The molecular formula is C12H13BN2O4. The Hall–Kier alpha value is -2.12. The lowest BCUT2D eigenvalue weighted by atomic mass is 9.82. The Labute approximate surface area is 110 Å². The van der Waals surface area contributed by atoms with Crippen LogP contribution in [0.3, 0.4) is 0 Å². The molecule has 0 radical (unpaired) electrons. The molecule has 0 fully saturated rings. The maximum atomic E-state index is 9.03. The fourth-order valence-electron chi connectivity index (χ4n) is 1.46. The predicted molar refractivity (Wildman–Crippen MR) is 69.2 cm³/mol. The molecule has 0 aliphatic heterocycles. The highest BCUT2D eigenvalue weighted by atomic mass is 16.5. The minimum absolute atomic E-state index is 0.240. The van der Waals surface area contributed by atoms with Crippen LogP contribution in [0.15, 0.2) is 36.7 Å². The zero-order chi connectivity index (χ0) is 13.7. The number of methoxy groups -OCH3 is 1. The zero-order valence-corrected chi connectivity index (χ0v) is 10.4. The van der Waals surface area contributed by atoms with Crippen LogP contribution in [0.2, 0.25) is 0 Å². The van der Waals surface area contributed by atoms with Crippen LogP contribution in [0, 0.1) is 0 Å². The molecule has 2 aromatic heterocycles. The molecule has 0 amide bonds. The third-order valence-corrected chi connectivity index (χ3v) is 2.41. The van der Waals surface area contributed by atoms with E-state index in [9.17, 15) is 0 Å². The molecular weight excluding hydrogens is 247 g/mol. The van der Waals surface area contributed by atoms with Crippen LogP contribution in [0.1, 0.15) is 5.69 Å². The fraction of sp³-hybridized carbons (Fsp3) is 0.167. The van der Waals surface area contributed by atoms with Crippen molar-refractivity contribution in [3.05, 3.63) is 42.4 Å². The molecule has 2 heterocycles. The summed E-state index contributed by atoms with van der Waals surface area (Å²) >= 11 is 0. The van der Waals surface area contributed by atoms with Gasteiger partial charge in [0.15, 0.2) is 0 Å². The summed E-state index contributed by atoms with van der Waals surface area (Å²) in [5.41, 5.74) is 0.977. The Morgan fingerprint density at radius 3 is 2.84 bits per heavy atom. The molecule has 0 bridgehead atoms. The number of hydrogen-bond acceptors (Lipinski definition) is 6. The van der Waals surface area contributed by atoms with Gasteiger partial charge in [-0.3, -0.25) is 4.98 Å². The van der Waals surface area contributed by atoms with Crippen molar-refractivity contribution in [1.82, 2.24) is 9.97 Å². The minimum Gasteiger partial charge on any atom is -0.486 e. The Morgan fingerprint density at radius 2 is 2.11 bits per heavy atom. The Morgan fingerprint density at radius 1 is 1.26 bits per heavy atom. The number of aromatic nitrogens is 2. The third-order valence-electron chi connectivity index (χ3n) is 2.41. The average Bonchev–Trinajstić information content (AvgIpc) is 2.45. The van der Waals surface area contributed by atoms with Crippen LogP contribution < -0.4 is 14.9 Å². The van der Waals surface area contributed by atoms with E-state index >= 15 is 0 Å². The first-order chi connectivity index (χ1) is 9.19. The maximum absolute atomic E-state index is 9.03. The van der Waals surface area contributed by atoms with E-state index in [1.165, 1.54) is 18.5 Å². The lowest BCUT2D eigenvalue weighted by molar-refractivity contribution is 0.297. The van der Waals surface area contributed by atoms with E-state index in [-0.39, 0.29) is 12.1 Å². The van der Waals surface area contributed by atoms with Crippen molar-refractivity contribution < 1.29 is 19.5 Å². The van der Waals surface area contributed by atoms with Gasteiger partial charge in [-0.2, -0.15) is 0 Å². The molecule has 98 valence electrons. The van der Waals surface area contributed by atoms with E-state index in [1.807, 2.05) is 6.07 Å². The van der Waals surface area contributed by atoms with Gasteiger partial charge in [0, 0.05) is 17.7 Å². The first kappa shape index (κ1) is 13.3. The Bertz CT molecular complexity index is 551. The molecule has 0 atom stereocenters. The van der Waals surface area contributed by atoms with Crippen LogP contribution in [0.25, 0.3) is 0 Å². The second-order valence-corrected chi connectivity index (χ2v) is 3.79. The third kappa shape index (κ3) is 3.67. The molecule has 0 saturated carbocycles. The molecule has 19 heavy (non-hydrogen) atoms. The van der Waals surface area contributed by atoms with Crippen LogP contribution >= 0.6 is 0 Å². The summed E-state index contributed by atoms with van der Waals surface area (Å²) in [5.74, 6) is 0.953. The van der Waals surface area contributed by atoms with Gasteiger partial charge in [-0.05, 0) is 12.1 Å². The number of nitrogens with zero attached hydrogens (tertiary/aromatic N) is 2. The Balaban J connectivity index is 2.03. The molecule has 0 saturated heterocycles. The molecule has 0 unspecified atom stereocenters. The normalized spacial score (nSPS) is 10.1. The average molecular weight is 260 g/mol. The lowest BCUT2D eigenvalue weighted by Crippen LogP contribution is -2.30. The summed E-state index contributed by atoms with van der Waals surface area (Å²) in [6.45, 7) is 0.240. The second kappa shape index (κ2) is 6.17. The van der Waals surface area contributed by atoms with Crippen molar-refractivity contribution in [2.75, 3.05) is 7.11 Å². The monoisotopic (exact) mass is 260 g/mol. The van der Waals surface area contributed by atoms with E-state index in [2.05, 4.69) is 9.97 Å². The number of pyridine rings is 2. The van der Waals surface area contributed by atoms with E-state index in [0.29, 0.717) is 17.3 Å². The van der Waals surface area contributed by atoms with Crippen LogP contribution in [-0.2, 0) is 6.61 Å². The van der Waals surface area contributed by atoms with Gasteiger partial charge in [0.25, 0.3) is 0 Å². The van der Waals surface area contributed by atoms with E-state index < -0.39 is 7.12 Å². The Kier molecular flexibility index (Phi) is 4.32. The standard InChI is InChI=1S/C12H13BN2O4/c1-18-12-4-2-3-10(15-12)8-19-11-5-9(13(16)17)6-14-7-11/h2-7,16-17H,8H2,1H3. The first-order valence-corrected chi connectivity index (χ1v) is 5.63. The quantitative estimate of drug-likeness (QED) is 0.721. The van der Waals surface area contributed by atoms with Crippen molar-refractivity contribution in [3.8, 4) is 11.6 Å². The van der Waals surface area contributed by atoms with Crippen molar-refractivity contribution >= 4 is 12.6 Å². The van der Waals surface area contributed by atoms with Crippen molar-refractivity contribution in [1.29, 1.82) is 0 Å². The van der Waals surface area contributed by atoms with Gasteiger partial charge >= 0.3 is 7.12 Å². The lowest BCUT2D eigenvalue weighted by Gasteiger charge is -2.07. The SMILES string of the molecule is COc1cccc(COc2cncc(B(O)O)c2)n1. The molecule has 7 heteroatoms. The van der Waals surface area contributed by atoms with Gasteiger partial charge in [-0.1, -0.05) is 6.07 Å². The summed E-state index contributed by atoms with van der Waals surface area (Å²) in [6.07, 6.45) is 2.85. The fourth-order valence-corrected chi connectivity index (χ4v) is 1.46. The molecule has 6 nitrogen and oxygen atoms in total. The van der Waals surface area contributed by atoms with Gasteiger partial charge in [0.2, 0.25) is 5.88 Å². The highest BCUT2D eigenvalue weighted by Crippen LogP contribution is 2.11. The predicted octanol–water partition coefficient (Wildman–Crippen LogP) is -0.256. The molecule has 2 N–H and O–H groups in total. The first-order valence-electron chi connectivity index (χ1n) is 5.63. The minimum atomic E-state index is -1.56. The van der Waals surface area contributed by atoms with Crippen LogP contribution in [0.4, 0.5) is 0 Å². The molecule has 0 aromatic carbocycles.